The van der Waals surface area contributed by atoms with E-state index in [0.717, 1.165) is 0 Å². The molecule has 1 aromatic rings. The number of hydrogen-bond acceptors (Lipinski definition) is 4. The largest absolute Gasteiger partial charge is 0.478 e. The van der Waals surface area contributed by atoms with Gasteiger partial charge >= 0.3 is 5.97 Å². The Balaban J connectivity index is 2.78. The fraction of sp³-hybridized carbons (Fsp3) is 0.364. The molecule has 0 radical (unpaired) electrons. The molecule has 0 saturated heterocycles. The third-order valence-corrected chi connectivity index (χ3v) is 3.45. The van der Waals surface area contributed by atoms with Crippen LogP contribution in [-0.4, -0.2) is 37.2 Å². The third kappa shape index (κ3) is 4.82. The summed E-state index contributed by atoms with van der Waals surface area (Å²) in [4.78, 5) is 10.7. The van der Waals surface area contributed by atoms with Gasteiger partial charge in [0.2, 0.25) is 10.0 Å². The number of carbonyl (C=O) groups is 1. The number of aliphatic hydroxyl groups excluding tert-OH is 1. The summed E-state index contributed by atoms with van der Waals surface area (Å²) < 4.78 is 25.5. The molecule has 0 bridgehead atoms. The fourth-order valence-electron chi connectivity index (χ4n) is 1.31. The Morgan fingerprint density at radius 3 is 2.67 bits per heavy atom. The van der Waals surface area contributed by atoms with Gasteiger partial charge in [-0.25, -0.2) is 17.9 Å². The first-order chi connectivity index (χ1) is 8.30. The van der Waals surface area contributed by atoms with Crippen molar-refractivity contribution in [2.45, 2.75) is 18.8 Å². The van der Waals surface area contributed by atoms with Crippen LogP contribution in [0.5, 0.6) is 0 Å². The number of aliphatic hydroxyl groups is 1. The van der Waals surface area contributed by atoms with Crippen molar-refractivity contribution in [2.24, 2.45) is 0 Å². The van der Waals surface area contributed by atoms with Crippen molar-refractivity contribution in [3.63, 3.8) is 0 Å². The molecule has 1 rings (SSSR count). The lowest BCUT2D eigenvalue weighted by Gasteiger charge is -2.08. The van der Waals surface area contributed by atoms with E-state index in [-0.39, 0.29) is 17.9 Å². The van der Waals surface area contributed by atoms with Crippen LogP contribution in [0.4, 0.5) is 0 Å². The third-order valence-electron chi connectivity index (χ3n) is 2.13. The highest BCUT2D eigenvalue weighted by Crippen LogP contribution is 2.08. The molecule has 7 heteroatoms. The molecule has 3 N–H and O–H groups in total. The maximum atomic E-state index is 11.6. The molecule has 0 aliphatic carbocycles. The summed E-state index contributed by atoms with van der Waals surface area (Å²) in [6.45, 7) is 1.40. The van der Waals surface area contributed by atoms with E-state index in [4.69, 9.17) is 10.2 Å². The van der Waals surface area contributed by atoms with E-state index in [1.807, 2.05) is 0 Å². The highest BCUT2D eigenvalue weighted by molar-refractivity contribution is 7.88. The van der Waals surface area contributed by atoms with Gasteiger partial charge in [0.05, 0.1) is 17.4 Å². The van der Waals surface area contributed by atoms with Gasteiger partial charge in [0.1, 0.15) is 0 Å². The second-order valence-electron chi connectivity index (χ2n) is 3.96. The van der Waals surface area contributed by atoms with Crippen LogP contribution in [0, 0.1) is 0 Å². The molecule has 0 aliphatic rings. The first-order valence-corrected chi connectivity index (χ1v) is 6.93. The molecular weight excluding hydrogens is 258 g/mol. The van der Waals surface area contributed by atoms with Gasteiger partial charge in [-0.3, -0.25) is 0 Å². The zero-order valence-corrected chi connectivity index (χ0v) is 10.6. The van der Waals surface area contributed by atoms with Crippen molar-refractivity contribution < 1.29 is 23.4 Å². The normalized spacial score (nSPS) is 13.2. The van der Waals surface area contributed by atoms with Crippen molar-refractivity contribution >= 4 is 16.0 Å². The minimum absolute atomic E-state index is 0.0400. The van der Waals surface area contributed by atoms with Crippen molar-refractivity contribution in [1.82, 2.24) is 4.72 Å². The summed E-state index contributed by atoms with van der Waals surface area (Å²) in [5.41, 5.74) is 0.422. The second-order valence-corrected chi connectivity index (χ2v) is 5.77. The van der Waals surface area contributed by atoms with Gasteiger partial charge in [-0.15, -0.1) is 0 Å². The van der Waals surface area contributed by atoms with Gasteiger partial charge in [-0.2, -0.15) is 0 Å². The molecule has 0 saturated carbocycles. The average molecular weight is 273 g/mol. The summed E-state index contributed by atoms with van der Waals surface area (Å²) in [7, 11) is -3.58. The average Bonchev–Trinajstić information content (AvgIpc) is 2.26. The minimum atomic E-state index is -3.58. The molecule has 0 heterocycles. The Morgan fingerprint density at radius 1 is 1.44 bits per heavy atom. The van der Waals surface area contributed by atoms with Gasteiger partial charge in [-0.05, 0) is 24.6 Å². The molecule has 1 atom stereocenters. The van der Waals surface area contributed by atoms with E-state index in [9.17, 15) is 13.2 Å². The van der Waals surface area contributed by atoms with E-state index in [0.29, 0.717) is 5.56 Å². The highest BCUT2D eigenvalue weighted by atomic mass is 32.2. The van der Waals surface area contributed by atoms with Crippen LogP contribution in [0.3, 0.4) is 0 Å². The maximum Gasteiger partial charge on any atom is 0.335 e. The number of carboxylic acids is 1. The van der Waals surface area contributed by atoms with Gasteiger partial charge in [-0.1, -0.05) is 12.1 Å². The van der Waals surface area contributed by atoms with E-state index in [1.165, 1.54) is 31.2 Å². The number of carboxylic acid groups (broad SMARTS) is 1. The lowest BCUT2D eigenvalue weighted by atomic mass is 10.1. The lowest BCUT2D eigenvalue weighted by molar-refractivity contribution is 0.0696. The predicted molar refractivity (Wildman–Crippen MR) is 65.7 cm³/mol. The Kier molecular flexibility index (Phi) is 4.83. The Hall–Kier alpha value is -1.44. The van der Waals surface area contributed by atoms with Gasteiger partial charge in [0.25, 0.3) is 0 Å². The smallest absolute Gasteiger partial charge is 0.335 e. The first-order valence-electron chi connectivity index (χ1n) is 5.28. The number of nitrogens with one attached hydrogen (secondary N) is 1. The van der Waals surface area contributed by atoms with Crippen molar-refractivity contribution in [3.05, 3.63) is 35.4 Å². The number of sulfonamides is 1. The number of aromatic carboxylic acids is 1. The van der Waals surface area contributed by atoms with Crippen LogP contribution in [0.1, 0.15) is 22.8 Å². The number of hydrogen-bond donors (Lipinski definition) is 3. The van der Waals surface area contributed by atoms with Crippen molar-refractivity contribution in [1.29, 1.82) is 0 Å². The van der Waals surface area contributed by atoms with Crippen LogP contribution in [0.25, 0.3) is 0 Å². The maximum absolute atomic E-state index is 11.6. The molecule has 100 valence electrons. The molecule has 0 aliphatic heterocycles. The van der Waals surface area contributed by atoms with Crippen LogP contribution < -0.4 is 4.72 Å². The van der Waals surface area contributed by atoms with Crippen LogP contribution >= 0.6 is 0 Å². The summed E-state index contributed by atoms with van der Waals surface area (Å²) in [5.74, 6) is -1.42. The van der Waals surface area contributed by atoms with E-state index < -0.39 is 22.1 Å². The first kappa shape index (κ1) is 14.6. The van der Waals surface area contributed by atoms with Crippen molar-refractivity contribution in [3.8, 4) is 0 Å². The zero-order chi connectivity index (χ0) is 13.8. The molecule has 0 unspecified atom stereocenters. The lowest BCUT2D eigenvalue weighted by Crippen LogP contribution is -2.31. The predicted octanol–water partition coefficient (Wildman–Crippen LogP) is 0.185. The molecule has 0 aromatic heterocycles. The molecule has 0 fully saturated rings. The second kappa shape index (κ2) is 5.94. The molecule has 18 heavy (non-hydrogen) atoms. The van der Waals surface area contributed by atoms with Gasteiger partial charge < -0.3 is 10.2 Å². The topological polar surface area (TPSA) is 104 Å². The summed E-state index contributed by atoms with van der Waals surface area (Å²) in [6.07, 6.45) is -0.773. The minimum Gasteiger partial charge on any atom is -0.478 e. The van der Waals surface area contributed by atoms with E-state index in [2.05, 4.69) is 4.72 Å². The monoisotopic (exact) mass is 273 g/mol. The molecule has 6 nitrogen and oxygen atoms in total. The molecule has 1 aromatic carbocycles. The van der Waals surface area contributed by atoms with Gasteiger partial charge in [0.15, 0.2) is 0 Å². The molecule has 0 amide bonds. The van der Waals surface area contributed by atoms with Crippen LogP contribution in [0.15, 0.2) is 24.3 Å². The Labute approximate surface area is 105 Å². The highest BCUT2D eigenvalue weighted by Gasteiger charge is 2.13. The van der Waals surface area contributed by atoms with Crippen molar-refractivity contribution in [2.75, 3.05) is 6.54 Å². The Bertz CT molecular complexity index is 524. The quantitative estimate of drug-likeness (QED) is 0.686. The number of rotatable bonds is 6. The standard InChI is InChI=1S/C11H15NO5S/c1-8(13)6-12-18(16,17)7-9-3-2-4-10(5-9)11(14)15/h2-5,8,12-13H,6-7H2,1H3,(H,14,15)/t8-/m0/s1. The summed E-state index contributed by atoms with van der Waals surface area (Å²) >= 11 is 0. The van der Waals surface area contributed by atoms with E-state index >= 15 is 0 Å². The van der Waals surface area contributed by atoms with Crippen LogP contribution in [0.2, 0.25) is 0 Å². The summed E-state index contributed by atoms with van der Waals surface area (Å²) in [5, 5.41) is 17.8. The summed E-state index contributed by atoms with van der Waals surface area (Å²) in [6, 6.07) is 5.72. The van der Waals surface area contributed by atoms with Crippen LogP contribution in [-0.2, 0) is 15.8 Å². The molecular formula is C11H15NO5S. The zero-order valence-electron chi connectivity index (χ0n) is 9.83. The molecule has 0 spiro atoms. The van der Waals surface area contributed by atoms with Gasteiger partial charge in [0, 0.05) is 6.54 Å². The SMILES string of the molecule is C[C@H](O)CNS(=O)(=O)Cc1cccc(C(=O)O)c1. The van der Waals surface area contributed by atoms with E-state index in [1.54, 1.807) is 0 Å². The number of benzene rings is 1. The Morgan fingerprint density at radius 2 is 2.11 bits per heavy atom. The fourth-order valence-corrected chi connectivity index (χ4v) is 2.53.